The average molecular weight is 226 g/mol. The van der Waals surface area contributed by atoms with Crippen molar-refractivity contribution in [2.24, 2.45) is 17.1 Å². The van der Waals surface area contributed by atoms with E-state index < -0.39 is 0 Å². The molecule has 1 saturated carbocycles. The van der Waals surface area contributed by atoms with Crippen LogP contribution in [0.25, 0.3) is 0 Å². The molecular formula is C13H26N2O. The van der Waals surface area contributed by atoms with Crippen LogP contribution in [0.4, 0.5) is 0 Å². The van der Waals surface area contributed by atoms with Gasteiger partial charge in [-0.3, -0.25) is 4.79 Å². The normalized spacial score (nSPS) is 21.1. The number of hydrogen-bond acceptors (Lipinski definition) is 2. The predicted octanol–water partition coefficient (Wildman–Crippen LogP) is 2.06. The van der Waals surface area contributed by atoms with E-state index in [-0.39, 0.29) is 16.9 Å². The molecule has 0 bridgehead atoms. The maximum Gasteiger partial charge on any atom is 0.220 e. The first-order valence-corrected chi connectivity index (χ1v) is 6.30. The van der Waals surface area contributed by atoms with Crippen LogP contribution in [0.3, 0.4) is 0 Å². The predicted molar refractivity (Wildman–Crippen MR) is 67.0 cm³/mol. The fourth-order valence-electron chi connectivity index (χ4n) is 1.91. The highest BCUT2D eigenvalue weighted by molar-refractivity contribution is 5.77. The van der Waals surface area contributed by atoms with Crippen LogP contribution in [0.2, 0.25) is 0 Å². The summed E-state index contributed by atoms with van der Waals surface area (Å²) >= 11 is 0. The summed E-state index contributed by atoms with van der Waals surface area (Å²) in [5.74, 6) is 0.551. The maximum absolute atomic E-state index is 11.9. The SMILES string of the molecule is CC(CC(=O)NC1(CN)CCC1)C(C)(C)C. The minimum Gasteiger partial charge on any atom is -0.349 e. The summed E-state index contributed by atoms with van der Waals surface area (Å²) in [7, 11) is 0. The van der Waals surface area contributed by atoms with E-state index in [1.165, 1.54) is 6.42 Å². The first-order chi connectivity index (χ1) is 7.29. The van der Waals surface area contributed by atoms with Crippen molar-refractivity contribution in [3.8, 4) is 0 Å². The quantitative estimate of drug-likeness (QED) is 0.771. The molecule has 1 unspecified atom stereocenters. The van der Waals surface area contributed by atoms with Gasteiger partial charge in [0.1, 0.15) is 0 Å². The molecule has 16 heavy (non-hydrogen) atoms. The number of carbonyl (C=O) groups is 1. The van der Waals surface area contributed by atoms with Gasteiger partial charge in [-0.25, -0.2) is 0 Å². The Balaban J connectivity index is 2.41. The lowest BCUT2D eigenvalue weighted by Gasteiger charge is -2.42. The van der Waals surface area contributed by atoms with Crippen LogP contribution >= 0.6 is 0 Å². The lowest BCUT2D eigenvalue weighted by Crippen LogP contribution is -2.58. The zero-order valence-corrected chi connectivity index (χ0v) is 11.1. The van der Waals surface area contributed by atoms with Gasteiger partial charge in [0.05, 0.1) is 5.54 Å². The number of hydrogen-bond donors (Lipinski definition) is 2. The zero-order chi connectivity index (χ0) is 12.4. The third-order valence-corrected chi connectivity index (χ3v) is 4.08. The molecule has 0 aromatic rings. The van der Waals surface area contributed by atoms with E-state index in [1.807, 2.05) is 0 Å². The van der Waals surface area contributed by atoms with Crippen molar-refractivity contribution in [2.45, 2.75) is 58.9 Å². The summed E-state index contributed by atoms with van der Waals surface area (Å²) < 4.78 is 0. The van der Waals surface area contributed by atoms with Gasteiger partial charge in [0.2, 0.25) is 5.91 Å². The topological polar surface area (TPSA) is 55.1 Å². The molecule has 1 atom stereocenters. The molecule has 0 aromatic heterocycles. The van der Waals surface area contributed by atoms with Crippen LogP contribution in [-0.4, -0.2) is 18.0 Å². The van der Waals surface area contributed by atoms with E-state index >= 15 is 0 Å². The summed E-state index contributed by atoms with van der Waals surface area (Å²) in [6.07, 6.45) is 3.87. The molecule has 3 nitrogen and oxygen atoms in total. The van der Waals surface area contributed by atoms with Gasteiger partial charge in [0.15, 0.2) is 0 Å². The number of nitrogens with one attached hydrogen (secondary N) is 1. The fourth-order valence-corrected chi connectivity index (χ4v) is 1.91. The third kappa shape index (κ3) is 3.21. The van der Waals surface area contributed by atoms with E-state index in [1.54, 1.807) is 0 Å². The van der Waals surface area contributed by atoms with E-state index in [0.29, 0.717) is 18.9 Å². The Bertz CT molecular complexity index is 246. The molecule has 3 N–H and O–H groups in total. The van der Waals surface area contributed by atoms with Crippen molar-refractivity contribution >= 4 is 5.91 Å². The van der Waals surface area contributed by atoms with Crippen molar-refractivity contribution < 1.29 is 4.79 Å². The molecule has 0 aromatic carbocycles. The number of carbonyl (C=O) groups excluding carboxylic acids is 1. The summed E-state index contributed by atoms with van der Waals surface area (Å²) in [6, 6.07) is 0. The number of amides is 1. The first kappa shape index (κ1) is 13.5. The Labute approximate surface area is 99.2 Å². The van der Waals surface area contributed by atoms with Gasteiger partial charge in [0, 0.05) is 13.0 Å². The molecule has 0 aliphatic heterocycles. The standard InChI is InChI=1S/C13H26N2O/c1-10(12(2,3)4)8-11(16)15-13(9-14)6-5-7-13/h10H,5-9,14H2,1-4H3,(H,15,16). The molecule has 3 heteroatoms. The molecule has 0 heterocycles. The zero-order valence-electron chi connectivity index (χ0n) is 11.1. The van der Waals surface area contributed by atoms with Gasteiger partial charge >= 0.3 is 0 Å². The van der Waals surface area contributed by atoms with Gasteiger partial charge < -0.3 is 11.1 Å². The number of nitrogens with two attached hydrogens (primary N) is 1. The van der Waals surface area contributed by atoms with E-state index in [4.69, 9.17) is 5.73 Å². The van der Waals surface area contributed by atoms with Gasteiger partial charge in [-0.1, -0.05) is 27.7 Å². The molecule has 0 radical (unpaired) electrons. The lowest BCUT2D eigenvalue weighted by atomic mass is 9.76. The molecule has 94 valence electrons. The number of rotatable bonds is 4. The van der Waals surface area contributed by atoms with Crippen molar-refractivity contribution in [1.82, 2.24) is 5.32 Å². The molecule has 0 saturated heterocycles. The Morgan fingerprint density at radius 1 is 1.44 bits per heavy atom. The summed E-state index contributed by atoms with van der Waals surface area (Å²) in [4.78, 5) is 11.9. The second-order valence-corrected chi connectivity index (χ2v) is 6.36. The molecule has 0 spiro atoms. The van der Waals surface area contributed by atoms with Gasteiger partial charge in [0.25, 0.3) is 0 Å². The summed E-state index contributed by atoms with van der Waals surface area (Å²) in [5.41, 5.74) is 5.83. The monoisotopic (exact) mass is 226 g/mol. The minimum absolute atomic E-state index is 0.0747. The fraction of sp³-hybridized carbons (Fsp3) is 0.923. The molecule has 1 rings (SSSR count). The summed E-state index contributed by atoms with van der Waals surface area (Å²) in [5, 5.41) is 3.12. The van der Waals surface area contributed by atoms with Crippen LogP contribution in [0.5, 0.6) is 0 Å². The van der Waals surface area contributed by atoms with Gasteiger partial charge in [-0.05, 0) is 30.6 Å². The van der Waals surface area contributed by atoms with Crippen LogP contribution in [-0.2, 0) is 4.79 Å². The second-order valence-electron chi connectivity index (χ2n) is 6.36. The smallest absolute Gasteiger partial charge is 0.220 e. The van der Waals surface area contributed by atoms with Gasteiger partial charge in [-0.15, -0.1) is 0 Å². The van der Waals surface area contributed by atoms with Crippen LogP contribution in [0.15, 0.2) is 0 Å². The highest BCUT2D eigenvalue weighted by atomic mass is 16.1. The van der Waals surface area contributed by atoms with Crippen LogP contribution < -0.4 is 11.1 Å². The van der Waals surface area contributed by atoms with Gasteiger partial charge in [-0.2, -0.15) is 0 Å². The second kappa shape index (κ2) is 4.74. The molecule has 1 fully saturated rings. The highest BCUT2D eigenvalue weighted by Gasteiger charge is 2.37. The van der Waals surface area contributed by atoms with E-state index in [9.17, 15) is 4.79 Å². The Morgan fingerprint density at radius 2 is 2.00 bits per heavy atom. The maximum atomic E-state index is 11.9. The Hall–Kier alpha value is -0.570. The van der Waals surface area contributed by atoms with Crippen molar-refractivity contribution in [1.29, 1.82) is 0 Å². The molecule has 1 aliphatic carbocycles. The molecule has 1 aliphatic rings. The van der Waals surface area contributed by atoms with Crippen molar-refractivity contribution in [3.63, 3.8) is 0 Å². The molecule has 1 amide bonds. The highest BCUT2D eigenvalue weighted by Crippen LogP contribution is 2.32. The Kier molecular flexibility index (Phi) is 4.00. The third-order valence-electron chi connectivity index (χ3n) is 4.08. The first-order valence-electron chi connectivity index (χ1n) is 6.30. The Morgan fingerprint density at radius 3 is 2.31 bits per heavy atom. The van der Waals surface area contributed by atoms with E-state index in [0.717, 1.165) is 12.8 Å². The van der Waals surface area contributed by atoms with E-state index in [2.05, 4.69) is 33.0 Å². The average Bonchev–Trinajstić information content (AvgIpc) is 2.09. The minimum atomic E-state index is -0.0747. The summed E-state index contributed by atoms with van der Waals surface area (Å²) in [6.45, 7) is 9.23. The van der Waals surface area contributed by atoms with Crippen molar-refractivity contribution in [2.75, 3.05) is 6.54 Å². The molecular weight excluding hydrogens is 200 g/mol. The van der Waals surface area contributed by atoms with Crippen LogP contribution in [0, 0.1) is 11.3 Å². The lowest BCUT2D eigenvalue weighted by molar-refractivity contribution is -0.125. The van der Waals surface area contributed by atoms with Crippen molar-refractivity contribution in [3.05, 3.63) is 0 Å². The van der Waals surface area contributed by atoms with Crippen LogP contribution in [0.1, 0.15) is 53.4 Å². The largest absolute Gasteiger partial charge is 0.349 e.